The first-order valence-corrected chi connectivity index (χ1v) is 8.66. The van der Waals surface area contributed by atoms with Gasteiger partial charge in [-0.25, -0.2) is 0 Å². The van der Waals surface area contributed by atoms with Gasteiger partial charge in [-0.3, -0.25) is 9.59 Å². The lowest BCUT2D eigenvalue weighted by Gasteiger charge is -2.47. The molecule has 2 amide bonds. The fourth-order valence-corrected chi connectivity index (χ4v) is 4.16. The number of amides is 2. The zero-order valence-corrected chi connectivity index (χ0v) is 14.7. The van der Waals surface area contributed by atoms with E-state index in [1.165, 1.54) is 0 Å². The van der Waals surface area contributed by atoms with Crippen molar-refractivity contribution in [1.82, 2.24) is 14.8 Å². The van der Waals surface area contributed by atoms with Crippen LogP contribution in [0.4, 0.5) is 0 Å². The van der Waals surface area contributed by atoms with E-state index in [2.05, 4.69) is 4.98 Å². The molecule has 0 bridgehead atoms. The second-order valence-electron chi connectivity index (χ2n) is 6.86. The van der Waals surface area contributed by atoms with Gasteiger partial charge in [-0.05, 0) is 24.6 Å². The molecule has 0 aliphatic carbocycles. The van der Waals surface area contributed by atoms with E-state index in [9.17, 15) is 9.59 Å². The van der Waals surface area contributed by atoms with E-state index >= 15 is 0 Å². The Balaban J connectivity index is 1.53. The monoisotopic (exact) mass is 365 g/mol. The number of aromatic nitrogens is 1. The Morgan fingerprint density at radius 1 is 1.17 bits per heavy atom. The van der Waals surface area contributed by atoms with Crippen LogP contribution < -0.4 is 0 Å². The molecular formula is C17H17Cl2N3O2. The van der Waals surface area contributed by atoms with Gasteiger partial charge >= 0.3 is 0 Å². The Hall–Kier alpha value is -1.72. The Kier molecular flexibility index (Phi) is 3.55. The molecule has 5 nitrogen and oxygen atoms in total. The summed E-state index contributed by atoms with van der Waals surface area (Å²) in [5.74, 6) is 0.0732. The molecule has 1 aromatic heterocycles. The van der Waals surface area contributed by atoms with Crippen LogP contribution in [0.15, 0.2) is 18.2 Å². The molecular weight excluding hydrogens is 349 g/mol. The van der Waals surface area contributed by atoms with Gasteiger partial charge in [0.05, 0.1) is 10.0 Å². The fourth-order valence-electron chi connectivity index (χ4n) is 3.78. The molecule has 1 N–H and O–H groups in total. The molecule has 7 heteroatoms. The molecule has 126 valence electrons. The van der Waals surface area contributed by atoms with Gasteiger partial charge in [-0.2, -0.15) is 0 Å². The topological polar surface area (TPSA) is 56.4 Å². The van der Waals surface area contributed by atoms with Crippen LogP contribution in [-0.4, -0.2) is 52.8 Å². The van der Waals surface area contributed by atoms with Gasteiger partial charge in [-0.15, -0.1) is 0 Å². The van der Waals surface area contributed by atoms with Crippen molar-refractivity contribution in [3.05, 3.63) is 33.9 Å². The van der Waals surface area contributed by atoms with Crippen LogP contribution in [0.1, 0.15) is 23.8 Å². The Bertz CT molecular complexity index is 855. The molecule has 3 heterocycles. The van der Waals surface area contributed by atoms with Gasteiger partial charge in [0.25, 0.3) is 5.91 Å². The van der Waals surface area contributed by atoms with Crippen molar-refractivity contribution in [2.45, 2.75) is 13.3 Å². The van der Waals surface area contributed by atoms with Crippen LogP contribution in [0.3, 0.4) is 0 Å². The highest BCUT2D eigenvalue weighted by Crippen LogP contribution is 2.40. The molecule has 0 saturated carbocycles. The van der Waals surface area contributed by atoms with Crippen LogP contribution >= 0.6 is 23.2 Å². The minimum absolute atomic E-state index is 0.0310. The maximum absolute atomic E-state index is 12.8. The normalized spacial score (nSPS) is 19.1. The minimum atomic E-state index is -0.0310. The van der Waals surface area contributed by atoms with Gasteiger partial charge in [0, 0.05) is 49.4 Å². The average Bonchev–Trinajstić information content (AvgIpc) is 3.13. The quantitative estimate of drug-likeness (QED) is 0.843. The molecule has 1 spiro atoms. The predicted octanol–water partition coefficient (Wildman–Crippen LogP) is 3.17. The van der Waals surface area contributed by atoms with Crippen LogP contribution in [0.5, 0.6) is 0 Å². The minimum Gasteiger partial charge on any atom is -0.350 e. The van der Waals surface area contributed by atoms with E-state index in [0.717, 1.165) is 30.4 Å². The van der Waals surface area contributed by atoms with Gasteiger partial charge in [0.2, 0.25) is 5.91 Å². The van der Waals surface area contributed by atoms with Gasteiger partial charge in [0.1, 0.15) is 5.69 Å². The maximum atomic E-state index is 12.8. The highest BCUT2D eigenvalue weighted by Gasteiger charge is 2.49. The first-order chi connectivity index (χ1) is 11.4. The van der Waals surface area contributed by atoms with Crippen molar-refractivity contribution in [2.75, 3.05) is 26.2 Å². The number of fused-ring (bicyclic) bond motifs is 1. The van der Waals surface area contributed by atoms with Gasteiger partial charge in [0.15, 0.2) is 0 Å². The second kappa shape index (κ2) is 5.39. The maximum Gasteiger partial charge on any atom is 0.270 e. The van der Waals surface area contributed by atoms with Crippen LogP contribution in [0.25, 0.3) is 10.9 Å². The van der Waals surface area contributed by atoms with E-state index < -0.39 is 0 Å². The summed E-state index contributed by atoms with van der Waals surface area (Å²) in [6.07, 6.45) is 0.940. The molecule has 2 aliphatic heterocycles. The zero-order valence-electron chi connectivity index (χ0n) is 13.2. The van der Waals surface area contributed by atoms with Crippen LogP contribution in [-0.2, 0) is 4.79 Å². The summed E-state index contributed by atoms with van der Waals surface area (Å²) < 4.78 is 0. The Morgan fingerprint density at radius 3 is 2.58 bits per heavy atom. The average molecular weight is 366 g/mol. The van der Waals surface area contributed by atoms with Crippen molar-refractivity contribution in [3.8, 4) is 0 Å². The smallest absolute Gasteiger partial charge is 0.270 e. The number of halogens is 2. The number of H-pyrrole nitrogens is 1. The first-order valence-electron chi connectivity index (χ1n) is 7.90. The standard InChI is InChI=1S/C17H17Cl2N3O2/c1-10(23)22-8-17(9-22)4-5-21(7-17)16(24)14-6-11-13(20-14)3-2-12(18)15(11)19/h2-3,6,20H,4-5,7-9H2,1H3. The third-order valence-electron chi connectivity index (χ3n) is 5.14. The number of hydrogen-bond acceptors (Lipinski definition) is 2. The number of nitrogens with one attached hydrogen (secondary N) is 1. The molecule has 4 rings (SSSR count). The van der Waals surface area contributed by atoms with E-state index in [1.807, 2.05) is 15.9 Å². The number of rotatable bonds is 1. The van der Waals surface area contributed by atoms with Crippen LogP contribution in [0.2, 0.25) is 10.0 Å². The first kappa shape index (κ1) is 15.8. The number of aromatic amines is 1. The third-order valence-corrected chi connectivity index (χ3v) is 5.96. The van der Waals surface area contributed by atoms with E-state index in [1.54, 1.807) is 19.1 Å². The van der Waals surface area contributed by atoms with E-state index in [-0.39, 0.29) is 17.2 Å². The fraction of sp³-hybridized carbons (Fsp3) is 0.412. The highest BCUT2D eigenvalue weighted by atomic mass is 35.5. The summed E-state index contributed by atoms with van der Waals surface area (Å²) in [5, 5.41) is 1.69. The van der Waals surface area contributed by atoms with Gasteiger partial charge in [-0.1, -0.05) is 23.2 Å². The highest BCUT2D eigenvalue weighted by molar-refractivity contribution is 6.45. The van der Waals surface area contributed by atoms with Crippen molar-refractivity contribution in [2.24, 2.45) is 5.41 Å². The van der Waals surface area contributed by atoms with Gasteiger partial charge < -0.3 is 14.8 Å². The Labute approximate surface area is 149 Å². The summed E-state index contributed by atoms with van der Waals surface area (Å²) >= 11 is 12.2. The molecule has 24 heavy (non-hydrogen) atoms. The predicted molar refractivity (Wildman–Crippen MR) is 93.5 cm³/mol. The number of carbonyl (C=O) groups is 2. The van der Waals surface area contributed by atoms with E-state index in [4.69, 9.17) is 23.2 Å². The molecule has 2 fully saturated rings. The number of hydrogen-bond donors (Lipinski definition) is 1. The molecule has 0 unspecified atom stereocenters. The molecule has 2 aromatic rings. The lowest BCUT2D eigenvalue weighted by atomic mass is 9.79. The lowest BCUT2D eigenvalue weighted by molar-refractivity contribution is -0.140. The van der Waals surface area contributed by atoms with E-state index in [0.29, 0.717) is 28.8 Å². The van der Waals surface area contributed by atoms with Crippen molar-refractivity contribution >= 4 is 45.9 Å². The zero-order chi connectivity index (χ0) is 17.1. The molecule has 0 radical (unpaired) electrons. The number of benzene rings is 1. The lowest BCUT2D eigenvalue weighted by Crippen LogP contribution is -2.59. The summed E-state index contributed by atoms with van der Waals surface area (Å²) in [5.41, 5.74) is 1.40. The summed E-state index contributed by atoms with van der Waals surface area (Å²) in [6, 6.07) is 5.30. The third kappa shape index (κ3) is 2.38. The second-order valence-corrected chi connectivity index (χ2v) is 7.64. The molecule has 2 saturated heterocycles. The summed E-state index contributed by atoms with van der Waals surface area (Å²) in [4.78, 5) is 31.0. The Morgan fingerprint density at radius 2 is 1.88 bits per heavy atom. The molecule has 0 atom stereocenters. The van der Waals surface area contributed by atoms with Crippen molar-refractivity contribution < 1.29 is 9.59 Å². The number of nitrogens with zero attached hydrogens (tertiary/aromatic N) is 2. The molecule has 2 aliphatic rings. The summed E-state index contributed by atoms with van der Waals surface area (Å²) in [7, 11) is 0. The van der Waals surface area contributed by atoms with Crippen molar-refractivity contribution in [1.29, 1.82) is 0 Å². The largest absolute Gasteiger partial charge is 0.350 e. The van der Waals surface area contributed by atoms with Crippen molar-refractivity contribution in [3.63, 3.8) is 0 Å². The SMILES string of the molecule is CC(=O)N1CC2(CCN(C(=O)c3cc4c(Cl)c(Cl)ccc4[nH]3)C2)C1. The summed E-state index contributed by atoms with van der Waals surface area (Å²) in [6.45, 7) is 4.50. The number of carbonyl (C=O) groups excluding carboxylic acids is 2. The number of likely N-dealkylation sites (tertiary alicyclic amines) is 2. The molecule has 1 aromatic carbocycles. The van der Waals surface area contributed by atoms with Crippen LogP contribution in [0, 0.1) is 5.41 Å².